The van der Waals surface area contributed by atoms with Gasteiger partial charge in [-0.2, -0.15) is 0 Å². The van der Waals surface area contributed by atoms with Crippen molar-refractivity contribution in [3.05, 3.63) is 77.0 Å². The zero-order chi connectivity index (χ0) is 21.2. The van der Waals surface area contributed by atoms with Gasteiger partial charge in [-0.3, -0.25) is 4.98 Å². The predicted octanol–water partition coefficient (Wildman–Crippen LogP) is 5.19. The van der Waals surface area contributed by atoms with Gasteiger partial charge in [-0.15, -0.1) is 0 Å². The van der Waals surface area contributed by atoms with E-state index in [4.69, 9.17) is 9.47 Å². The number of fused-ring (bicyclic) bond motifs is 1. The first-order chi connectivity index (χ1) is 14.6. The smallest absolute Gasteiger partial charge is 0.336 e. The maximum Gasteiger partial charge on any atom is 0.336 e. The van der Waals surface area contributed by atoms with Crippen molar-refractivity contribution in [1.82, 2.24) is 4.98 Å². The maximum absolute atomic E-state index is 11.4. The van der Waals surface area contributed by atoms with Gasteiger partial charge in [-0.05, 0) is 55.9 Å². The molecule has 0 saturated heterocycles. The fraction of sp³-hybridized carbons (Fsp3) is 0.360. The topological polar surface area (TPSA) is 68.7 Å². The molecule has 0 aliphatic carbocycles. The second-order valence-electron chi connectivity index (χ2n) is 7.39. The molecule has 30 heavy (non-hydrogen) atoms. The Morgan fingerprint density at radius 2 is 1.70 bits per heavy atom. The molecule has 5 nitrogen and oxygen atoms in total. The van der Waals surface area contributed by atoms with Gasteiger partial charge in [0.25, 0.3) is 0 Å². The van der Waals surface area contributed by atoms with Gasteiger partial charge in [0, 0.05) is 18.6 Å². The highest BCUT2D eigenvalue weighted by Crippen LogP contribution is 2.15. The van der Waals surface area contributed by atoms with Crippen LogP contribution in [-0.4, -0.2) is 35.9 Å². The Kier molecular flexibility index (Phi) is 8.36. The van der Waals surface area contributed by atoms with Gasteiger partial charge in [-0.1, -0.05) is 42.5 Å². The normalized spacial score (nSPS) is 11.1. The molecule has 0 amide bonds. The third kappa shape index (κ3) is 6.37. The minimum absolute atomic E-state index is 0.402. The maximum atomic E-state index is 11.4. The van der Waals surface area contributed by atoms with Gasteiger partial charge in [-0.25, -0.2) is 4.79 Å². The summed E-state index contributed by atoms with van der Waals surface area (Å²) >= 11 is 0. The summed E-state index contributed by atoms with van der Waals surface area (Å²) in [6.07, 6.45) is 3.61. The number of carboxylic acid groups (broad SMARTS) is 1. The van der Waals surface area contributed by atoms with Crippen molar-refractivity contribution >= 4 is 16.9 Å². The first kappa shape index (κ1) is 21.9. The minimum Gasteiger partial charge on any atom is -0.478 e. The van der Waals surface area contributed by atoms with Crippen LogP contribution in [-0.2, 0) is 22.5 Å². The van der Waals surface area contributed by atoms with E-state index in [1.165, 1.54) is 0 Å². The fourth-order valence-electron chi connectivity index (χ4n) is 3.48. The quantitative estimate of drug-likeness (QED) is 0.419. The lowest BCUT2D eigenvalue weighted by atomic mass is 10.00. The summed E-state index contributed by atoms with van der Waals surface area (Å²) in [6, 6.07) is 17.8. The number of carboxylic acids is 1. The summed E-state index contributed by atoms with van der Waals surface area (Å²) in [5.74, 6) is -0.873. The number of nitrogens with zero attached hydrogens (tertiary/aromatic N) is 1. The van der Waals surface area contributed by atoms with Crippen LogP contribution in [0.1, 0.15) is 46.4 Å². The number of benzene rings is 2. The van der Waals surface area contributed by atoms with E-state index < -0.39 is 5.97 Å². The van der Waals surface area contributed by atoms with Gasteiger partial charge in [0.2, 0.25) is 0 Å². The van der Waals surface area contributed by atoms with E-state index in [-0.39, 0.29) is 0 Å². The van der Waals surface area contributed by atoms with Crippen LogP contribution in [0.2, 0.25) is 0 Å². The number of aromatic carboxylic acids is 1. The number of para-hydroxylation sites is 1. The molecule has 2 aromatic carbocycles. The van der Waals surface area contributed by atoms with Crippen LogP contribution in [0.3, 0.4) is 0 Å². The van der Waals surface area contributed by atoms with Crippen molar-refractivity contribution in [2.45, 2.75) is 39.2 Å². The number of ether oxygens (including phenoxy) is 2. The highest BCUT2D eigenvalue weighted by atomic mass is 16.5. The molecule has 0 aliphatic heterocycles. The molecule has 0 fully saturated rings. The molecule has 158 valence electrons. The zero-order valence-corrected chi connectivity index (χ0v) is 17.5. The summed E-state index contributed by atoms with van der Waals surface area (Å²) in [5, 5.41) is 10.5. The highest BCUT2D eigenvalue weighted by molar-refractivity contribution is 5.91. The molecule has 0 atom stereocenters. The van der Waals surface area contributed by atoms with Crippen LogP contribution in [0.4, 0.5) is 0 Å². The van der Waals surface area contributed by atoms with Gasteiger partial charge >= 0.3 is 5.97 Å². The summed E-state index contributed by atoms with van der Waals surface area (Å²) < 4.78 is 11.4. The number of carbonyl (C=O) groups is 1. The molecule has 1 aromatic heterocycles. The number of aryl methyl sites for hydroxylation is 1. The first-order valence-corrected chi connectivity index (χ1v) is 10.5. The number of rotatable bonds is 12. The summed E-state index contributed by atoms with van der Waals surface area (Å²) in [5.41, 5.74) is 3.97. The molecule has 0 bridgehead atoms. The Morgan fingerprint density at radius 1 is 0.900 bits per heavy atom. The van der Waals surface area contributed by atoms with Crippen LogP contribution in [0, 0.1) is 6.92 Å². The monoisotopic (exact) mass is 407 g/mol. The molecule has 0 spiro atoms. The largest absolute Gasteiger partial charge is 0.478 e. The number of pyridine rings is 1. The molecule has 5 heteroatoms. The second-order valence-corrected chi connectivity index (χ2v) is 7.39. The van der Waals surface area contributed by atoms with Crippen LogP contribution < -0.4 is 0 Å². The molecular weight excluding hydrogens is 378 g/mol. The molecule has 3 aromatic rings. The van der Waals surface area contributed by atoms with Crippen molar-refractivity contribution in [3.63, 3.8) is 0 Å². The zero-order valence-electron chi connectivity index (χ0n) is 17.5. The highest BCUT2D eigenvalue weighted by Gasteiger charge is 2.12. The van der Waals surface area contributed by atoms with Gasteiger partial charge < -0.3 is 14.6 Å². The minimum atomic E-state index is -0.873. The molecule has 1 heterocycles. The van der Waals surface area contributed by atoms with Crippen LogP contribution in [0.25, 0.3) is 10.9 Å². The van der Waals surface area contributed by atoms with Crippen molar-refractivity contribution in [2.75, 3.05) is 19.8 Å². The first-order valence-electron chi connectivity index (χ1n) is 10.5. The Bertz CT molecular complexity index is 970. The van der Waals surface area contributed by atoms with E-state index in [1.807, 2.05) is 49.4 Å². The molecule has 3 rings (SSSR count). The van der Waals surface area contributed by atoms with E-state index in [9.17, 15) is 9.90 Å². The summed E-state index contributed by atoms with van der Waals surface area (Å²) in [7, 11) is 0. The average Bonchev–Trinajstić information content (AvgIpc) is 2.74. The Hall–Kier alpha value is -2.76. The fourth-order valence-corrected chi connectivity index (χ4v) is 3.48. The lowest BCUT2D eigenvalue weighted by Gasteiger charge is -2.09. The molecular formula is C25H29NO4. The molecule has 0 saturated carbocycles. The number of hydrogen-bond donors (Lipinski definition) is 1. The number of aromatic nitrogens is 1. The Labute approximate surface area is 177 Å². The SMILES string of the molecule is Cc1cccc(CCOCCCCCOCc2ccc3ccccc3n2)c1C(=O)O. The van der Waals surface area contributed by atoms with Crippen molar-refractivity contribution in [2.24, 2.45) is 0 Å². The third-order valence-corrected chi connectivity index (χ3v) is 5.07. The standard InChI is InChI=1S/C25H29NO4/c1-19-8-7-10-21(24(19)25(27)28)14-17-29-15-5-2-6-16-30-18-22-13-12-20-9-3-4-11-23(20)26-22/h3-4,7-13H,2,5-6,14-18H2,1H3,(H,27,28). The molecule has 0 radical (unpaired) electrons. The van der Waals surface area contributed by atoms with E-state index in [1.54, 1.807) is 0 Å². The van der Waals surface area contributed by atoms with E-state index in [0.29, 0.717) is 38.4 Å². The summed E-state index contributed by atoms with van der Waals surface area (Å²) in [6.45, 7) is 4.28. The van der Waals surface area contributed by atoms with Crippen molar-refractivity contribution in [3.8, 4) is 0 Å². The Balaban J connectivity index is 1.25. The predicted molar refractivity (Wildman–Crippen MR) is 118 cm³/mol. The van der Waals surface area contributed by atoms with Gasteiger partial charge in [0.05, 0.1) is 30.0 Å². The average molecular weight is 408 g/mol. The number of hydrogen-bond acceptors (Lipinski definition) is 4. The van der Waals surface area contributed by atoms with Crippen LogP contribution in [0.15, 0.2) is 54.6 Å². The lowest BCUT2D eigenvalue weighted by Crippen LogP contribution is -2.08. The summed E-state index contributed by atoms with van der Waals surface area (Å²) in [4.78, 5) is 16.0. The molecule has 0 unspecified atom stereocenters. The van der Waals surface area contributed by atoms with Gasteiger partial charge in [0.1, 0.15) is 0 Å². The molecule has 1 N–H and O–H groups in total. The third-order valence-electron chi connectivity index (χ3n) is 5.07. The van der Waals surface area contributed by atoms with Crippen LogP contribution in [0.5, 0.6) is 0 Å². The lowest BCUT2D eigenvalue weighted by molar-refractivity contribution is 0.0694. The van der Waals surface area contributed by atoms with Crippen molar-refractivity contribution < 1.29 is 19.4 Å². The van der Waals surface area contributed by atoms with Crippen molar-refractivity contribution in [1.29, 1.82) is 0 Å². The molecule has 0 aliphatic rings. The Morgan fingerprint density at radius 3 is 2.53 bits per heavy atom. The van der Waals surface area contributed by atoms with Gasteiger partial charge in [0.15, 0.2) is 0 Å². The van der Waals surface area contributed by atoms with E-state index in [2.05, 4.69) is 17.1 Å². The second kappa shape index (κ2) is 11.4. The van der Waals surface area contributed by atoms with E-state index >= 15 is 0 Å². The van der Waals surface area contributed by atoms with Crippen LogP contribution >= 0.6 is 0 Å². The number of unbranched alkanes of at least 4 members (excludes halogenated alkanes) is 2. The van der Waals surface area contributed by atoms with E-state index in [0.717, 1.165) is 47.0 Å².